The van der Waals surface area contributed by atoms with Crippen LogP contribution in [0, 0.1) is 0 Å². The van der Waals surface area contributed by atoms with Crippen LogP contribution in [-0.2, 0) is 4.79 Å². The van der Waals surface area contributed by atoms with E-state index >= 15 is 0 Å². The Morgan fingerprint density at radius 2 is 1.86 bits per heavy atom. The quantitative estimate of drug-likeness (QED) is 0.747. The van der Waals surface area contributed by atoms with Gasteiger partial charge in [0.1, 0.15) is 5.54 Å². The van der Waals surface area contributed by atoms with Crippen LogP contribution in [0.5, 0.6) is 0 Å². The topological polar surface area (TPSA) is 64.7 Å². The molecular weight excluding hydrogens is 292 g/mol. The van der Waals surface area contributed by atoms with Gasteiger partial charge in [-0.05, 0) is 39.7 Å². The van der Waals surface area contributed by atoms with Crippen molar-refractivity contribution in [3.63, 3.8) is 0 Å². The van der Waals surface area contributed by atoms with E-state index in [1.54, 1.807) is 13.8 Å². The standard InChI is InChI=1S/C14H24N4O2.ClH/c1-14(2)12(19)18(13(20)16-14)8-7-17-6-5-10-3-4-11(9-17)15-10;/h10-11,15H,3-9H2,1-2H3,(H,16,20);1H. The fraction of sp³-hybridized carbons (Fsp3) is 0.857. The Kier molecular flexibility index (Phi) is 4.80. The molecule has 21 heavy (non-hydrogen) atoms. The minimum Gasteiger partial charge on any atom is -0.324 e. The first-order chi connectivity index (χ1) is 9.45. The van der Waals surface area contributed by atoms with Crippen molar-refractivity contribution in [1.29, 1.82) is 0 Å². The van der Waals surface area contributed by atoms with Gasteiger partial charge in [-0.1, -0.05) is 0 Å². The van der Waals surface area contributed by atoms with Crippen molar-refractivity contribution in [3.05, 3.63) is 0 Å². The monoisotopic (exact) mass is 316 g/mol. The van der Waals surface area contributed by atoms with Crippen molar-refractivity contribution in [3.8, 4) is 0 Å². The highest BCUT2D eigenvalue weighted by atomic mass is 35.5. The number of urea groups is 1. The van der Waals surface area contributed by atoms with E-state index in [4.69, 9.17) is 0 Å². The number of fused-ring (bicyclic) bond motifs is 2. The molecule has 2 N–H and O–H groups in total. The fourth-order valence-corrected chi connectivity index (χ4v) is 3.48. The summed E-state index contributed by atoms with van der Waals surface area (Å²) in [6.45, 7) is 6.86. The summed E-state index contributed by atoms with van der Waals surface area (Å²) in [6.07, 6.45) is 3.71. The highest BCUT2D eigenvalue weighted by molar-refractivity contribution is 6.06. The molecule has 3 heterocycles. The first kappa shape index (κ1) is 16.5. The molecular formula is C14H25ClN4O2. The molecule has 0 aromatic carbocycles. The molecule has 0 radical (unpaired) electrons. The summed E-state index contributed by atoms with van der Waals surface area (Å²) in [4.78, 5) is 27.7. The second kappa shape index (κ2) is 6.10. The zero-order valence-corrected chi connectivity index (χ0v) is 13.5. The van der Waals surface area contributed by atoms with Gasteiger partial charge in [-0.25, -0.2) is 4.79 Å². The fourth-order valence-electron chi connectivity index (χ4n) is 3.48. The van der Waals surface area contributed by atoms with Gasteiger partial charge in [0.15, 0.2) is 0 Å². The SMILES string of the molecule is CC1(C)NC(=O)N(CCN2CCC3CCC(C2)N3)C1=O.Cl. The summed E-state index contributed by atoms with van der Waals surface area (Å²) in [7, 11) is 0. The Labute approximate surface area is 132 Å². The molecule has 0 spiro atoms. The van der Waals surface area contributed by atoms with Gasteiger partial charge in [0, 0.05) is 31.7 Å². The Morgan fingerprint density at radius 3 is 2.52 bits per heavy atom. The average molecular weight is 317 g/mol. The van der Waals surface area contributed by atoms with Gasteiger partial charge < -0.3 is 10.6 Å². The lowest BCUT2D eigenvalue weighted by Crippen LogP contribution is -2.43. The molecule has 3 rings (SSSR count). The van der Waals surface area contributed by atoms with Crippen LogP contribution in [0.25, 0.3) is 0 Å². The van der Waals surface area contributed by atoms with Crippen molar-refractivity contribution in [2.75, 3.05) is 26.2 Å². The minimum atomic E-state index is -0.753. The van der Waals surface area contributed by atoms with Gasteiger partial charge in [-0.2, -0.15) is 0 Å². The van der Waals surface area contributed by atoms with Crippen LogP contribution in [0.4, 0.5) is 4.79 Å². The molecule has 2 bridgehead atoms. The Hall–Kier alpha value is -0.850. The molecule has 3 aliphatic heterocycles. The third-order valence-corrected chi connectivity index (χ3v) is 4.69. The number of nitrogens with zero attached hydrogens (tertiary/aromatic N) is 2. The zero-order chi connectivity index (χ0) is 14.3. The lowest BCUT2D eigenvalue weighted by Gasteiger charge is -2.25. The van der Waals surface area contributed by atoms with Crippen molar-refractivity contribution in [1.82, 2.24) is 20.4 Å². The summed E-state index contributed by atoms with van der Waals surface area (Å²) in [5.74, 6) is -0.114. The van der Waals surface area contributed by atoms with Crippen LogP contribution in [-0.4, -0.2) is 65.5 Å². The van der Waals surface area contributed by atoms with Crippen molar-refractivity contribution in [2.45, 2.75) is 50.7 Å². The van der Waals surface area contributed by atoms with E-state index in [0.29, 0.717) is 18.6 Å². The van der Waals surface area contributed by atoms with E-state index in [0.717, 1.165) is 19.6 Å². The summed E-state index contributed by atoms with van der Waals surface area (Å²) in [5.41, 5.74) is -0.753. The van der Waals surface area contributed by atoms with Crippen LogP contribution in [0.2, 0.25) is 0 Å². The second-order valence-electron chi connectivity index (χ2n) is 6.74. The number of carbonyl (C=O) groups excluding carboxylic acids is 2. The van der Waals surface area contributed by atoms with Gasteiger partial charge in [-0.3, -0.25) is 14.6 Å². The second-order valence-corrected chi connectivity index (χ2v) is 6.74. The number of rotatable bonds is 3. The number of likely N-dealkylation sites (tertiary alicyclic amines) is 1. The van der Waals surface area contributed by atoms with Gasteiger partial charge in [0.25, 0.3) is 5.91 Å². The first-order valence-corrected chi connectivity index (χ1v) is 7.58. The number of amides is 3. The van der Waals surface area contributed by atoms with Crippen LogP contribution in [0.1, 0.15) is 33.1 Å². The highest BCUT2D eigenvalue weighted by Crippen LogP contribution is 2.21. The van der Waals surface area contributed by atoms with E-state index < -0.39 is 5.54 Å². The average Bonchev–Trinajstić information content (AvgIpc) is 2.79. The number of hydrogen-bond donors (Lipinski definition) is 2. The van der Waals surface area contributed by atoms with Gasteiger partial charge in [-0.15, -0.1) is 12.4 Å². The Balaban J connectivity index is 0.00000161. The predicted octanol–water partition coefficient (Wildman–Crippen LogP) is 0.565. The molecule has 3 aliphatic rings. The highest BCUT2D eigenvalue weighted by Gasteiger charge is 2.44. The third-order valence-electron chi connectivity index (χ3n) is 4.69. The van der Waals surface area contributed by atoms with Crippen LogP contribution in [0.3, 0.4) is 0 Å². The lowest BCUT2D eigenvalue weighted by atomic mass is 10.1. The molecule has 0 aromatic heterocycles. The maximum atomic E-state index is 12.1. The first-order valence-electron chi connectivity index (χ1n) is 7.58. The summed E-state index contributed by atoms with van der Waals surface area (Å²) in [6, 6.07) is 0.997. The largest absolute Gasteiger partial charge is 0.325 e. The summed E-state index contributed by atoms with van der Waals surface area (Å²) >= 11 is 0. The minimum absolute atomic E-state index is 0. The Morgan fingerprint density at radius 1 is 1.14 bits per heavy atom. The van der Waals surface area contributed by atoms with E-state index in [9.17, 15) is 9.59 Å². The van der Waals surface area contributed by atoms with Gasteiger partial charge in [0.05, 0.1) is 0 Å². The van der Waals surface area contributed by atoms with E-state index in [-0.39, 0.29) is 24.3 Å². The maximum absolute atomic E-state index is 12.1. The number of nitrogens with one attached hydrogen (secondary N) is 2. The van der Waals surface area contributed by atoms with Crippen LogP contribution >= 0.6 is 12.4 Å². The van der Waals surface area contributed by atoms with Crippen LogP contribution < -0.4 is 10.6 Å². The third kappa shape index (κ3) is 3.33. The molecule has 6 nitrogen and oxygen atoms in total. The summed E-state index contributed by atoms with van der Waals surface area (Å²) < 4.78 is 0. The normalized spacial score (nSPS) is 31.8. The molecule has 2 unspecified atom stereocenters. The smallest absolute Gasteiger partial charge is 0.324 e. The molecule has 3 saturated heterocycles. The van der Waals surface area contributed by atoms with Gasteiger partial charge in [0.2, 0.25) is 0 Å². The molecule has 0 aliphatic carbocycles. The van der Waals surface area contributed by atoms with Crippen molar-refractivity contribution < 1.29 is 9.59 Å². The number of imide groups is 1. The number of hydrogen-bond acceptors (Lipinski definition) is 4. The van der Waals surface area contributed by atoms with E-state index in [1.165, 1.54) is 24.2 Å². The summed E-state index contributed by atoms with van der Waals surface area (Å²) in [5, 5.41) is 6.37. The molecule has 3 fully saturated rings. The molecule has 120 valence electrons. The molecule has 0 saturated carbocycles. The molecule has 3 amide bonds. The van der Waals surface area contributed by atoms with Gasteiger partial charge >= 0.3 is 6.03 Å². The van der Waals surface area contributed by atoms with Crippen molar-refractivity contribution >= 4 is 24.3 Å². The lowest BCUT2D eigenvalue weighted by molar-refractivity contribution is -0.130. The van der Waals surface area contributed by atoms with E-state index in [1.807, 2.05) is 0 Å². The zero-order valence-electron chi connectivity index (χ0n) is 12.7. The Bertz CT molecular complexity index is 429. The molecule has 7 heteroatoms. The van der Waals surface area contributed by atoms with Crippen LogP contribution in [0.15, 0.2) is 0 Å². The van der Waals surface area contributed by atoms with Crippen molar-refractivity contribution in [2.24, 2.45) is 0 Å². The number of halogens is 1. The number of carbonyl (C=O) groups is 2. The predicted molar refractivity (Wildman–Crippen MR) is 82.6 cm³/mol. The maximum Gasteiger partial charge on any atom is 0.325 e. The molecule has 0 aromatic rings. The van der Waals surface area contributed by atoms with E-state index in [2.05, 4.69) is 15.5 Å². The molecule has 2 atom stereocenters.